The number of rotatable bonds is 6. The van der Waals surface area contributed by atoms with Crippen molar-refractivity contribution in [3.05, 3.63) is 206 Å². The Morgan fingerprint density at radius 1 is 0.310 bits per heavy atom. The lowest BCUT2D eigenvalue weighted by Crippen LogP contribution is -2.00. The zero-order valence-electron chi connectivity index (χ0n) is 31.3. The Kier molecular flexibility index (Phi) is 7.84. The van der Waals surface area contributed by atoms with Crippen LogP contribution in [0.2, 0.25) is 0 Å². The second-order valence-electron chi connectivity index (χ2n) is 14.6. The van der Waals surface area contributed by atoms with Gasteiger partial charge in [0.05, 0.1) is 6.57 Å². The van der Waals surface area contributed by atoms with Crippen molar-refractivity contribution < 1.29 is 0 Å². The maximum Gasteiger partial charge on any atom is 0.202 e. The molecule has 1 aliphatic carbocycles. The molecule has 0 radical (unpaired) electrons. The maximum absolute atomic E-state index is 8.40. The number of benzene rings is 9. The van der Waals surface area contributed by atoms with E-state index in [4.69, 9.17) is 21.5 Å². The van der Waals surface area contributed by atoms with Crippen LogP contribution in [-0.4, -0.2) is 15.0 Å². The molecule has 1 aromatic heterocycles. The van der Waals surface area contributed by atoms with E-state index in [-0.39, 0.29) is 0 Å². The fourth-order valence-corrected chi connectivity index (χ4v) is 8.54. The van der Waals surface area contributed by atoms with Crippen molar-refractivity contribution in [1.29, 1.82) is 0 Å². The molecule has 0 fully saturated rings. The highest BCUT2D eigenvalue weighted by Crippen LogP contribution is 2.49. The van der Waals surface area contributed by atoms with Gasteiger partial charge in [-0.2, -0.15) is 0 Å². The molecule has 11 rings (SSSR count). The van der Waals surface area contributed by atoms with Gasteiger partial charge in [0.1, 0.15) is 0 Å². The molecule has 1 aliphatic rings. The van der Waals surface area contributed by atoms with Crippen molar-refractivity contribution in [1.82, 2.24) is 15.0 Å². The van der Waals surface area contributed by atoms with Crippen LogP contribution in [0.3, 0.4) is 0 Å². The fraction of sp³-hybridized carbons (Fsp3) is 0. The molecule has 9 aromatic carbocycles. The molecular weight excluding hydrogens is 705 g/mol. The number of hydrogen-bond acceptors (Lipinski definition) is 3. The molecule has 0 amide bonds. The van der Waals surface area contributed by atoms with Crippen molar-refractivity contribution in [2.75, 3.05) is 0 Å². The Balaban J connectivity index is 0.967. The monoisotopic (exact) mass is 736 g/mol. The van der Waals surface area contributed by atoms with Crippen molar-refractivity contribution in [2.45, 2.75) is 0 Å². The van der Waals surface area contributed by atoms with Gasteiger partial charge in [0.2, 0.25) is 5.69 Å². The molecule has 0 bridgehead atoms. The van der Waals surface area contributed by atoms with Crippen LogP contribution >= 0.6 is 0 Å². The number of para-hydroxylation sites is 1. The molecule has 4 nitrogen and oxygen atoms in total. The van der Waals surface area contributed by atoms with E-state index >= 15 is 0 Å². The molecule has 0 N–H and O–H groups in total. The second kappa shape index (κ2) is 13.6. The largest absolute Gasteiger partial charge is 0.237 e. The molecular formula is C54H32N4. The maximum atomic E-state index is 8.40. The molecule has 0 atom stereocenters. The van der Waals surface area contributed by atoms with Gasteiger partial charge in [-0.25, -0.2) is 19.8 Å². The second-order valence-corrected chi connectivity index (χ2v) is 14.6. The first-order valence-electron chi connectivity index (χ1n) is 19.4. The lowest BCUT2D eigenvalue weighted by atomic mass is 9.92. The van der Waals surface area contributed by atoms with Crippen LogP contribution in [0.1, 0.15) is 0 Å². The minimum absolute atomic E-state index is 0.589. The molecule has 10 aromatic rings. The Bertz CT molecular complexity index is 3280. The first-order valence-corrected chi connectivity index (χ1v) is 19.4. The summed E-state index contributed by atoms with van der Waals surface area (Å²) in [4.78, 5) is 19.1. The molecule has 0 unspecified atom stereocenters. The molecule has 58 heavy (non-hydrogen) atoms. The standard InChI is InChI=1S/C54H32N4/c1-55-51-43(23-12-24-44(51)39-18-9-17-38(31-39)41-32-40-19-11-25-47-45-21-7-8-22-46(45)49(33-41)50(40)47)35-27-29-37(30-28-35)53-56-52(36-14-3-2-4-15-36)57-54(58-53)48-26-10-16-34-13-5-6-20-42(34)48/h2-33H. The first-order chi connectivity index (χ1) is 28.7. The summed E-state index contributed by atoms with van der Waals surface area (Å²) >= 11 is 0. The molecule has 0 aliphatic heterocycles. The van der Waals surface area contributed by atoms with E-state index in [9.17, 15) is 0 Å². The van der Waals surface area contributed by atoms with Crippen molar-refractivity contribution in [3.63, 3.8) is 0 Å². The molecule has 268 valence electrons. The van der Waals surface area contributed by atoms with Gasteiger partial charge in [0.15, 0.2) is 17.5 Å². The van der Waals surface area contributed by atoms with Crippen molar-refractivity contribution >= 4 is 27.2 Å². The van der Waals surface area contributed by atoms with Crippen LogP contribution in [0.25, 0.3) is 116 Å². The number of aromatic nitrogens is 3. The zero-order valence-corrected chi connectivity index (χ0v) is 31.3. The van der Waals surface area contributed by atoms with E-state index in [0.717, 1.165) is 60.8 Å². The van der Waals surface area contributed by atoms with E-state index in [1.54, 1.807) is 0 Å². The van der Waals surface area contributed by atoms with Gasteiger partial charge in [0, 0.05) is 16.7 Å². The van der Waals surface area contributed by atoms with E-state index in [2.05, 4.69) is 126 Å². The molecule has 0 spiro atoms. The van der Waals surface area contributed by atoms with Crippen LogP contribution in [0.15, 0.2) is 194 Å². The summed E-state index contributed by atoms with van der Waals surface area (Å²) in [6.45, 7) is 8.40. The first kappa shape index (κ1) is 33.3. The Labute approximate surface area is 336 Å². The SMILES string of the molecule is [C-]#[N+]c1c(-c2ccc(-c3nc(-c4ccccc4)nc(-c4cccc5ccccc45)n3)cc2)cccc1-c1cccc(-c2cc3c4c(cccc4c2)-c2ccccc2-3)c1. The highest BCUT2D eigenvalue weighted by molar-refractivity contribution is 6.16. The smallest absolute Gasteiger partial charge is 0.202 e. The van der Waals surface area contributed by atoms with Crippen LogP contribution in [0.5, 0.6) is 0 Å². The highest BCUT2D eigenvalue weighted by atomic mass is 15.0. The van der Waals surface area contributed by atoms with Gasteiger partial charge in [-0.1, -0.05) is 176 Å². The number of fused-ring (bicyclic) bond motifs is 4. The van der Waals surface area contributed by atoms with Gasteiger partial charge >= 0.3 is 0 Å². The molecule has 0 saturated heterocycles. The van der Waals surface area contributed by atoms with Gasteiger partial charge in [-0.05, 0) is 95.4 Å². The van der Waals surface area contributed by atoms with Crippen LogP contribution in [-0.2, 0) is 0 Å². The average molecular weight is 737 g/mol. The predicted molar refractivity (Wildman–Crippen MR) is 238 cm³/mol. The van der Waals surface area contributed by atoms with Gasteiger partial charge in [0.25, 0.3) is 0 Å². The Hall–Kier alpha value is -8.00. The Morgan fingerprint density at radius 3 is 1.62 bits per heavy atom. The summed E-state index contributed by atoms with van der Waals surface area (Å²) in [7, 11) is 0. The minimum Gasteiger partial charge on any atom is -0.237 e. The lowest BCUT2D eigenvalue weighted by molar-refractivity contribution is 1.08. The number of hydrogen-bond donors (Lipinski definition) is 0. The van der Waals surface area contributed by atoms with Gasteiger partial charge < -0.3 is 0 Å². The van der Waals surface area contributed by atoms with Crippen molar-refractivity contribution in [2.24, 2.45) is 0 Å². The van der Waals surface area contributed by atoms with E-state index in [0.29, 0.717) is 23.2 Å². The minimum atomic E-state index is 0.589. The summed E-state index contributed by atoms with van der Waals surface area (Å²) in [5, 5.41) is 4.77. The summed E-state index contributed by atoms with van der Waals surface area (Å²) < 4.78 is 0. The topological polar surface area (TPSA) is 43.0 Å². The lowest BCUT2D eigenvalue weighted by Gasteiger charge is -2.13. The third-order valence-electron chi connectivity index (χ3n) is 11.3. The average Bonchev–Trinajstić information content (AvgIpc) is 3.63. The molecule has 0 saturated carbocycles. The van der Waals surface area contributed by atoms with E-state index < -0.39 is 0 Å². The quantitative estimate of drug-likeness (QED) is 0.160. The van der Waals surface area contributed by atoms with E-state index in [1.165, 1.54) is 33.0 Å². The summed E-state index contributed by atoms with van der Waals surface area (Å²) in [6, 6.07) is 67.4. The number of nitrogens with zero attached hydrogens (tertiary/aromatic N) is 4. The summed E-state index contributed by atoms with van der Waals surface area (Å²) in [5.74, 6) is 1.83. The summed E-state index contributed by atoms with van der Waals surface area (Å²) in [5.41, 5.74) is 14.5. The van der Waals surface area contributed by atoms with Gasteiger partial charge in [-0.3, -0.25) is 0 Å². The predicted octanol–water partition coefficient (Wildman–Crippen LogP) is 14.4. The summed E-state index contributed by atoms with van der Waals surface area (Å²) in [6.07, 6.45) is 0. The highest BCUT2D eigenvalue weighted by Gasteiger charge is 2.22. The van der Waals surface area contributed by atoms with Gasteiger partial charge in [-0.15, -0.1) is 0 Å². The zero-order chi connectivity index (χ0) is 38.6. The normalized spacial score (nSPS) is 11.4. The van der Waals surface area contributed by atoms with Crippen LogP contribution in [0, 0.1) is 6.57 Å². The molecule has 4 heteroatoms. The third-order valence-corrected chi connectivity index (χ3v) is 11.3. The third kappa shape index (κ3) is 5.57. The van der Waals surface area contributed by atoms with E-state index in [1.807, 2.05) is 72.8 Å². The van der Waals surface area contributed by atoms with Crippen LogP contribution < -0.4 is 0 Å². The van der Waals surface area contributed by atoms with Crippen LogP contribution in [0.4, 0.5) is 5.69 Å². The van der Waals surface area contributed by atoms with Crippen molar-refractivity contribution in [3.8, 4) is 89.8 Å². The Morgan fingerprint density at radius 2 is 0.828 bits per heavy atom. The molecule has 1 heterocycles. The fourth-order valence-electron chi connectivity index (χ4n) is 8.54.